The zero-order valence-corrected chi connectivity index (χ0v) is 18.0. The van der Waals surface area contributed by atoms with Crippen LogP contribution in [0.5, 0.6) is 0 Å². The van der Waals surface area contributed by atoms with Gasteiger partial charge in [-0.1, -0.05) is 65.7 Å². The minimum absolute atomic E-state index is 0.0775. The number of hydrogen-bond acceptors (Lipinski definition) is 3. The van der Waals surface area contributed by atoms with Crippen molar-refractivity contribution in [3.05, 3.63) is 94.0 Å². The molecule has 5 nitrogen and oxygen atoms in total. The van der Waals surface area contributed by atoms with Crippen molar-refractivity contribution in [1.82, 2.24) is 5.32 Å². The fourth-order valence-electron chi connectivity index (χ4n) is 3.36. The molecule has 0 saturated heterocycles. The van der Waals surface area contributed by atoms with Crippen LogP contribution >= 0.6 is 23.2 Å². The summed E-state index contributed by atoms with van der Waals surface area (Å²) in [5.41, 5.74) is 3.50. The average molecular weight is 452 g/mol. The van der Waals surface area contributed by atoms with Gasteiger partial charge in [0.05, 0.1) is 23.5 Å². The van der Waals surface area contributed by atoms with E-state index in [1.165, 1.54) is 4.90 Å². The third-order valence-electron chi connectivity index (χ3n) is 4.96. The van der Waals surface area contributed by atoms with Crippen molar-refractivity contribution in [3.63, 3.8) is 0 Å². The van der Waals surface area contributed by atoms with Crippen LogP contribution in [0.1, 0.15) is 17.5 Å². The number of carbonyl (C=O) groups is 2. The summed E-state index contributed by atoms with van der Waals surface area (Å²) in [6, 6.07) is 21.8. The van der Waals surface area contributed by atoms with E-state index in [0.29, 0.717) is 27.1 Å². The molecule has 1 aliphatic rings. The van der Waals surface area contributed by atoms with Gasteiger partial charge in [-0.15, -0.1) is 0 Å². The molecular formula is C24H19Cl2N3O2. The van der Waals surface area contributed by atoms with Crippen LogP contribution < -0.4 is 10.2 Å². The summed E-state index contributed by atoms with van der Waals surface area (Å²) in [6.07, 6.45) is 0.0775. The molecule has 0 bridgehead atoms. The molecule has 0 aromatic heterocycles. The van der Waals surface area contributed by atoms with Gasteiger partial charge in [0.25, 0.3) is 0 Å². The van der Waals surface area contributed by atoms with Crippen molar-refractivity contribution in [1.29, 1.82) is 0 Å². The van der Waals surface area contributed by atoms with Crippen LogP contribution in [-0.4, -0.2) is 24.1 Å². The van der Waals surface area contributed by atoms with Crippen LogP contribution in [0, 0.1) is 0 Å². The number of halogens is 2. The van der Waals surface area contributed by atoms with Crippen LogP contribution in [0.25, 0.3) is 0 Å². The lowest BCUT2D eigenvalue weighted by atomic mass is 10.1. The predicted octanol–water partition coefficient (Wildman–Crippen LogP) is 5.17. The Morgan fingerprint density at radius 2 is 1.68 bits per heavy atom. The zero-order chi connectivity index (χ0) is 21.8. The lowest BCUT2D eigenvalue weighted by Gasteiger charge is -2.22. The summed E-state index contributed by atoms with van der Waals surface area (Å²) >= 11 is 12.1. The van der Waals surface area contributed by atoms with Gasteiger partial charge in [-0.25, -0.2) is 0 Å². The Labute approximate surface area is 190 Å². The second kappa shape index (κ2) is 9.33. The number of hydrogen-bond donors (Lipinski definition) is 1. The fourth-order valence-corrected chi connectivity index (χ4v) is 3.69. The number of anilines is 1. The van der Waals surface area contributed by atoms with Crippen LogP contribution in [0.15, 0.2) is 77.8 Å². The van der Waals surface area contributed by atoms with Crippen molar-refractivity contribution < 1.29 is 9.59 Å². The summed E-state index contributed by atoms with van der Waals surface area (Å²) in [7, 11) is 0. The lowest BCUT2D eigenvalue weighted by molar-refractivity contribution is -0.123. The molecule has 0 aliphatic carbocycles. The molecule has 3 aromatic rings. The van der Waals surface area contributed by atoms with Crippen LogP contribution in [0.3, 0.4) is 0 Å². The SMILES string of the molecule is O=C(CN1C(=O)CC(c2ccc(Cl)cc2)=Nc2ccccc21)NCc1ccccc1Cl. The molecule has 2 amide bonds. The Bertz CT molecular complexity index is 1160. The van der Waals surface area contributed by atoms with Crippen molar-refractivity contribution in [2.45, 2.75) is 13.0 Å². The van der Waals surface area contributed by atoms with Crippen LogP contribution in [0.2, 0.25) is 10.0 Å². The molecular weight excluding hydrogens is 433 g/mol. The maximum atomic E-state index is 13.1. The predicted molar refractivity (Wildman–Crippen MR) is 124 cm³/mol. The molecule has 7 heteroatoms. The highest BCUT2D eigenvalue weighted by molar-refractivity contribution is 6.31. The number of fused-ring (bicyclic) bond motifs is 1. The van der Waals surface area contributed by atoms with Crippen molar-refractivity contribution in [3.8, 4) is 0 Å². The Morgan fingerprint density at radius 3 is 2.45 bits per heavy atom. The molecule has 3 aromatic carbocycles. The molecule has 1 heterocycles. The minimum Gasteiger partial charge on any atom is -0.350 e. The van der Waals surface area contributed by atoms with Gasteiger partial charge in [-0.05, 0) is 41.5 Å². The van der Waals surface area contributed by atoms with E-state index in [-0.39, 0.29) is 31.3 Å². The maximum Gasteiger partial charge on any atom is 0.240 e. The van der Waals surface area contributed by atoms with E-state index >= 15 is 0 Å². The minimum atomic E-state index is -0.280. The molecule has 0 atom stereocenters. The molecule has 156 valence electrons. The number of benzene rings is 3. The van der Waals surface area contributed by atoms with Gasteiger partial charge in [0.15, 0.2) is 0 Å². The number of rotatable bonds is 5. The molecule has 0 saturated carbocycles. The largest absolute Gasteiger partial charge is 0.350 e. The fraction of sp³-hybridized carbons (Fsp3) is 0.125. The van der Waals surface area contributed by atoms with E-state index in [9.17, 15) is 9.59 Å². The Kier molecular flexibility index (Phi) is 6.35. The average Bonchev–Trinajstić information content (AvgIpc) is 2.90. The highest BCUT2D eigenvalue weighted by Crippen LogP contribution is 2.33. The maximum absolute atomic E-state index is 13.1. The summed E-state index contributed by atoms with van der Waals surface area (Å²) < 4.78 is 0. The van der Waals surface area contributed by atoms with Crippen molar-refractivity contribution in [2.24, 2.45) is 4.99 Å². The topological polar surface area (TPSA) is 61.8 Å². The first kappa shape index (κ1) is 21.1. The summed E-state index contributed by atoms with van der Waals surface area (Å²) in [6.45, 7) is 0.179. The molecule has 1 aliphatic heterocycles. The van der Waals surface area contributed by atoms with Gasteiger partial charge in [0, 0.05) is 16.6 Å². The molecule has 0 spiro atoms. The van der Waals surface area contributed by atoms with Crippen LogP contribution in [-0.2, 0) is 16.1 Å². The third kappa shape index (κ3) is 4.95. The van der Waals surface area contributed by atoms with Gasteiger partial charge < -0.3 is 10.2 Å². The van der Waals surface area contributed by atoms with Crippen molar-refractivity contribution >= 4 is 52.1 Å². The molecule has 31 heavy (non-hydrogen) atoms. The number of carbonyl (C=O) groups excluding carboxylic acids is 2. The first-order valence-electron chi connectivity index (χ1n) is 9.74. The van der Waals surface area contributed by atoms with Gasteiger partial charge in [0.1, 0.15) is 6.54 Å². The number of nitrogens with one attached hydrogen (secondary N) is 1. The number of amides is 2. The second-order valence-corrected chi connectivity index (χ2v) is 7.92. The smallest absolute Gasteiger partial charge is 0.240 e. The Morgan fingerprint density at radius 1 is 0.968 bits per heavy atom. The summed E-state index contributed by atoms with van der Waals surface area (Å²) in [4.78, 5) is 32.0. The molecule has 4 rings (SSSR count). The lowest BCUT2D eigenvalue weighted by Crippen LogP contribution is -2.41. The van der Waals surface area contributed by atoms with E-state index in [4.69, 9.17) is 28.2 Å². The highest BCUT2D eigenvalue weighted by Gasteiger charge is 2.26. The van der Waals surface area contributed by atoms with E-state index in [0.717, 1.165) is 11.1 Å². The quantitative estimate of drug-likeness (QED) is 0.581. The summed E-state index contributed by atoms with van der Waals surface area (Å²) in [5, 5.41) is 4.03. The van der Waals surface area contributed by atoms with E-state index in [2.05, 4.69) is 5.32 Å². The van der Waals surface area contributed by atoms with Gasteiger partial charge in [-0.3, -0.25) is 14.6 Å². The standard InChI is InChI=1S/C24H19Cl2N3O2/c25-18-11-9-16(10-12-18)21-13-24(31)29(22-8-4-3-7-20(22)28-21)15-23(30)27-14-17-5-1-2-6-19(17)26/h1-12H,13-15H2,(H,27,30). The third-order valence-corrected chi connectivity index (χ3v) is 5.58. The van der Waals surface area contributed by atoms with E-state index < -0.39 is 0 Å². The van der Waals surface area contributed by atoms with E-state index in [1.54, 1.807) is 24.3 Å². The second-order valence-electron chi connectivity index (χ2n) is 7.08. The highest BCUT2D eigenvalue weighted by atomic mass is 35.5. The first-order valence-corrected chi connectivity index (χ1v) is 10.5. The monoisotopic (exact) mass is 451 g/mol. The summed E-state index contributed by atoms with van der Waals surface area (Å²) in [5.74, 6) is -0.482. The van der Waals surface area contributed by atoms with Gasteiger partial charge >= 0.3 is 0 Å². The van der Waals surface area contributed by atoms with Crippen LogP contribution in [0.4, 0.5) is 11.4 Å². The number of nitrogens with zero attached hydrogens (tertiary/aromatic N) is 2. The zero-order valence-electron chi connectivity index (χ0n) is 16.5. The number of para-hydroxylation sites is 2. The van der Waals surface area contributed by atoms with Gasteiger partial charge in [0.2, 0.25) is 11.8 Å². The normalized spacial score (nSPS) is 13.3. The molecule has 0 unspecified atom stereocenters. The van der Waals surface area contributed by atoms with Gasteiger partial charge in [-0.2, -0.15) is 0 Å². The molecule has 0 radical (unpaired) electrons. The molecule has 0 fully saturated rings. The Balaban J connectivity index is 1.54. The molecule has 1 N–H and O–H groups in total. The van der Waals surface area contributed by atoms with Crippen molar-refractivity contribution in [2.75, 3.05) is 11.4 Å². The Hall–Kier alpha value is -3.15. The first-order chi connectivity index (χ1) is 15.0. The number of aliphatic imine (C=N–C) groups is 1. The van der Waals surface area contributed by atoms with E-state index in [1.807, 2.05) is 48.5 Å².